The average Bonchev–Trinajstić information content (AvgIpc) is 2.37. The van der Waals surface area contributed by atoms with Gasteiger partial charge in [-0.1, -0.05) is 42.0 Å². The summed E-state index contributed by atoms with van der Waals surface area (Å²) in [6, 6.07) is 6.46. The summed E-state index contributed by atoms with van der Waals surface area (Å²) in [5, 5.41) is 3.00. The van der Waals surface area contributed by atoms with E-state index in [4.69, 9.17) is 8.22 Å². The minimum atomic E-state index is -2.13. The fraction of sp³-hybridized carbons (Fsp3) is 0.231. The second kappa shape index (κ2) is 3.70. The molecular weight excluding hydrogens is 170 g/mol. The highest BCUT2D eigenvalue weighted by molar-refractivity contribution is 5.32. The number of dihydropyridines is 1. The molecule has 0 saturated heterocycles. The molecule has 0 fully saturated rings. The van der Waals surface area contributed by atoms with Crippen LogP contribution >= 0.6 is 0 Å². The molecule has 0 aliphatic carbocycles. The van der Waals surface area contributed by atoms with Crippen LogP contribution in [-0.2, 0) is 0 Å². The van der Waals surface area contributed by atoms with Crippen LogP contribution in [0.15, 0.2) is 48.2 Å². The standard InChI is InChI=1S/C13H15N/c1-10-3-6-12(7-4-10)13-8-5-11(2)9-14-13/h3-9,13-14H,1-2H3/i1D3,2D3. The van der Waals surface area contributed by atoms with Crippen LogP contribution in [0.2, 0.25) is 0 Å². The summed E-state index contributed by atoms with van der Waals surface area (Å²) in [5.41, 5.74) is 1.43. The SMILES string of the molecule is [2H]C([2H])([2H])C1=CNC(c2ccc(C([2H])([2H])[2H])cc2)C=C1. The molecule has 1 aromatic carbocycles. The molecule has 1 aliphatic heterocycles. The molecule has 1 aromatic rings. The minimum Gasteiger partial charge on any atom is -0.380 e. The summed E-state index contributed by atoms with van der Waals surface area (Å²) in [7, 11) is 0. The summed E-state index contributed by atoms with van der Waals surface area (Å²) in [6.07, 6.45) is 4.81. The molecule has 2 rings (SSSR count). The van der Waals surface area contributed by atoms with Crippen LogP contribution in [0.3, 0.4) is 0 Å². The first kappa shape index (κ1) is 4.35. The predicted octanol–water partition coefficient (Wildman–Crippen LogP) is 3.10. The molecule has 0 bridgehead atoms. The molecule has 1 atom stereocenters. The van der Waals surface area contributed by atoms with E-state index < -0.39 is 13.7 Å². The number of hydrogen-bond donors (Lipinski definition) is 1. The van der Waals surface area contributed by atoms with E-state index in [1.807, 2.05) is 0 Å². The van der Waals surface area contributed by atoms with Crippen molar-refractivity contribution in [2.75, 3.05) is 0 Å². The lowest BCUT2D eigenvalue weighted by molar-refractivity contribution is 0.739. The molecular formula is C13H15N. The van der Waals surface area contributed by atoms with E-state index in [0.29, 0.717) is 5.56 Å². The molecule has 14 heavy (non-hydrogen) atoms. The van der Waals surface area contributed by atoms with E-state index in [0.717, 1.165) is 5.56 Å². The lowest BCUT2D eigenvalue weighted by Gasteiger charge is -2.17. The lowest BCUT2D eigenvalue weighted by Crippen LogP contribution is -2.16. The topological polar surface area (TPSA) is 12.0 Å². The zero-order chi connectivity index (χ0) is 15.0. The van der Waals surface area contributed by atoms with Gasteiger partial charge in [-0.3, -0.25) is 0 Å². The lowest BCUT2D eigenvalue weighted by atomic mass is 10.0. The Morgan fingerprint density at radius 1 is 1.21 bits per heavy atom. The Bertz CT molecular complexity index is 535. The Hall–Kier alpha value is -1.50. The van der Waals surface area contributed by atoms with Gasteiger partial charge in [-0.15, -0.1) is 0 Å². The van der Waals surface area contributed by atoms with Crippen molar-refractivity contribution in [3.05, 3.63) is 59.3 Å². The second-order valence-corrected chi connectivity index (χ2v) is 3.23. The zero-order valence-electron chi connectivity index (χ0n) is 13.6. The summed E-state index contributed by atoms with van der Waals surface area (Å²) >= 11 is 0. The second-order valence-electron chi connectivity index (χ2n) is 3.23. The number of nitrogens with one attached hydrogen (secondary N) is 1. The normalized spacial score (nSPS) is 28.3. The Labute approximate surface area is 93.6 Å². The van der Waals surface area contributed by atoms with Crippen molar-refractivity contribution < 1.29 is 8.22 Å². The van der Waals surface area contributed by atoms with E-state index >= 15 is 0 Å². The van der Waals surface area contributed by atoms with E-state index in [1.54, 1.807) is 36.4 Å². The molecule has 1 N–H and O–H groups in total. The highest BCUT2D eigenvalue weighted by Crippen LogP contribution is 2.18. The van der Waals surface area contributed by atoms with Gasteiger partial charge in [0.05, 0.1) is 6.04 Å². The fourth-order valence-electron chi connectivity index (χ4n) is 1.38. The maximum atomic E-state index is 7.31. The molecule has 1 aliphatic rings. The Balaban J connectivity index is 2.13. The maximum absolute atomic E-state index is 7.31. The van der Waals surface area contributed by atoms with Gasteiger partial charge in [0.1, 0.15) is 0 Å². The Kier molecular flexibility index (Phi) is 1.15. The van der Waals surface area contributed by atoms with Crippen molar-refractivity contribution in [2.24, 2.45) is 0 Å². The first-order valence-corrected chi connectivity index (χ1v) is 4.43. The van der Waals surface area contributed by atoms with Crippen LogP contribution in [-0.4, -0.2) is 0 Å². The van der Waals surface area contributed by atoms with Gasteiger partial charge in [-0.25, -0.2) is 0 Å². The van der Waals surface area contributed by atoms with E-state index in [1.165, 1.54) is 6.20 Å². The van der Waals surface area contributed by atoms with Crippen LogP contribution in [0, 0.1) is 6.85 Å². The largest absolute Gasteiger partial charge is 0.380 e. The van der Waals surface area contributed by atoms with Crippen LogP contribution in [0.25, 0.3) is 0 Å². The summed E-state index contributed by atoms with van der Waals surface area (Å²) in [6.45, 7) is -4.23. The molecule has 1 unspecified atom stereocenters. The molecule has 0 spiro atoms. The molecule has 0 aromatic heterocycles. The van der Waals surface area contributed by atoms with E-state index in [9.17, 15) is 0 Å². The number of hydrogen-bond acceptors (Lipinski definition) is 1. The summed E-state index contributed by atoms with van der Waals surface area (Å²) < 4.78 is 43.9. The van der Waals surface area contributed by atoms with Crippen LogP contribution in [0.5, 0.6) is 0 Å². The molecule has 0 saturated carbocycles. The number of allylic oxidation sites excluding steroid dienone is 2. The van der Waals surface area contributed by atoms with Crippen molar-refractivity contribution in [2.45, 2.75) is 19.7 Å². The third-order valence-corrected chi connectivity index (χ3v) is 2.16. The van der Waals surface area contributed by atoms with Crippen LogP contribution < -0.4 is 5.32 Å². The van der Waals surface area contributed by atoms with Gasteiger partial charge < -0.3 is 5.32 Å². The van der Waals surface area contributed by atoms with Crippen molar-refractivity contribution in [1.29, 1.82) is 0 Å². The first-order valence-electron chi connectivity index (χ1n) is 7.43. The predicted molar refractivity (Wildman–Crippen MR) is 60.0 cm³/mol. The van der Waals surface area contributed by atoms with Crippen molar-refractivity contribution in [1.82, 2.24) is 5.32 Å². The summed E-state index contributed by atoms with van der Waals surface area (Å²) in [5.74, 6) is 0. The van der Waals surface area contributed by atoms with Crippen LogP contribution in [0.4, 0.5) is 0 Å². The van der Waals surface area contributed by atoms with Gasteiger partial charge >= 0.3 is 0 Å². The van der Waals surface area contributed by atoms with Gasteiger partial charge in [0.15, 0.2) is 0 Å². The van der Waals surface area contributed by atoms with E-state index in [2.05, 4.69) is 5.32 Å². The Morgan fingerprint density at radius 2 is 2.07 bits per heavy atom. The molecule has 1 heterocycles. The van der Waals surface area contributed by atoms with Crippen molar-refractivity contribution >= 4 is 0 Å². The van der Waals surface area contributed by atoms with Gasteiger partial charge in [0.25, 0.3) is 0 Å². The van der Waals surface area contributed by atoms with Crippen LogP contribution in [0.1, 0.15) is 32.2 Å². The highest BCUT2D eigenvalue weighted by Gasteiger charge is 2.07. The molecule has 0 radical (unpaired) electrons. The van der Waals surface area contributed by atoms with Crippen molar-refractivity contribution in [3.63, 3.8) is 0 Å². The minimum absolute atomic E-state index is 0.147. The zero-order valence-corrected chi connectivity index (χ0v) is 7.62. The molecule has 72 valence electrons. The van der Waals surface area contributed by atoms with E-state index in [-0.39, 0.29) is 11.6 Å². The summed E-state index contributed by atoms with van der Waals surface area (Å²) in [4.78, 5) is 0. The highest BCUT2D eigenvalue weighted by atomic mass is 14.9. The average molecular weight is 191 g/mol. The fourth-order valence-corrected chi connectivity index (χ4v) is 1.38. The Morgan fingerprint density at radius 3 is 2.64 bits per heavy atom. The molecule has 1 nitrogen and oxygen atoms in total. The third-order valence-electron chi connectivity index (χ3n) is 2.16. The van der Waals surface area contributed by atoms with Gasteiger partial charge in [-0.05, 0) is 24.8 Å². The van der Waals surface area contributed by atoms with Gasteiger partial charge in [0.2, 0.25) is 0 Å². The number of rotatable bonds is 1. The maximum Gasteiger partial charge on any atom is 0.0695 e. The number of aryl methyl sites for hydroxylation is 1. The quantitative estimate of drug-likeness (QED) is 0.719. The molecule has 1 heteroatoms. The third kappa shape index (κ3) is 1.87. The van der Waals surface area contributed by atoms with Gasteiger partial charge in [0, 0.05) is 14.4 Å². The smallest absolute Gasteiger partial charge is 0.0695 e. The van der Waals surface area contributed by atoms with Crippen molar-refractivity contribution in [3.8, 4) is 0 Å². The molecule has 0 amide bonds. The number of benzene rings is 1. The van der Waals surface area contributed by atoms with Gasteiger partial charge in [-0.2, -0.15) is 0 Å². The first-order chi connectivity index (χ1) is 9.18. The monoisotopic (exact) mass is 191 g/mol.